The van der Waals surface area contributed by atoms with Gasteiger partial charge < -0.3 is 11.1 Å². The molecule has 0 heterocycles. The second kappa shape index (κ2) is 4.84. The van der Waals surface area contributed by atoms with Gasteiger partial charge in [-0.1, -0.05) is 19.8 Å². The molecule has 2 rings (SSSR count). The second-order valence-electron chi connectivity index (χ2n) is 6.09. The molecule has 2 aliphatic carbocycles. The van der Waals surface area contributed by atoms with Crippen LogP contribution in [0.2, 0.25) is 0 Å². The molecule has 0 amide bonds. The van der Waals surface area contributed by atoms with Crippen molar-refractivity contribution in [1.82, 2.24) is 5.32 Å². The SMILES string of the molecule is CC1(CNCC2CCC(N)C2)CCCC1. The first-order chi connectivity index (χ1) is 7.18. The predicted molar refractivity (Wildman–Crippen MR) is 64.8 cm³/mol. The van der Waals surface area contributed by atoms with Crippen molar-refractivity contribution in [3.8, 4) is 0 Å². The second-order valence-corrected chi connectivity index (χ2v) is 6.09. The highest BCUT2D eigenvalue weighted by atomic mass is 14.9. The van der Waals surface area contributed by atoms with Gasteiger partial charge in [0.05, 0.1) is 0 Å². The molecule has 2 saturated carbocycles. The van der Waals surface area contributed by atoms with Crippen LogP contribution in [-0.4, -0.2) is 19.1 Å². The van der Waals surface area contributed by atoms with E-state index in [0.717, 1.165) is 5.92 Å². The highest BCUT2D eigenvalue weighted by molar-refractivity contribution is 4.84. The fraction of sp³-hybridized carbons (Fsp3) is 1.00. The lowest BCUT2D eigenvalue weighted by Crippen LogP contribution is -2.32. The van der Waals surface area contributed by atoms with Gasteiger partial charge in [0.2, 0.25) is 0 Å². The summed E-state index contributed by atoms with van der Waals surface area (Å²) in [6, 6.07) is 0.485. The Morgan fingerprint density at radius 2 is 2.00 bits per heavy atom. The van der Waals surface area contributed by atoms with Crippen LogP contribution in [0.3, 0.4) is 0 Å². The minimum Gasteiger partial charge on any atom is -0.328 e. The molecule has 0 aromatic heterocycles. The number of rotatable bonds is 4. The lowest BCUT2D eigenvalue weighted by atomic mass is 9.89. The van der Waals surface area contributed by atoms with Crippen LogP contribution in [-0.2, 0) is 0 Å². The summed E-state index contributed by atoms with van der Waals surface area (Å²) in [5.41, 5.74) is 6.52. The van der Waals surface area contributed by atoms with Crippen molar-refractivity contribution in [2.24, 2.45) is 17.1 Å². The van der Waals surface area contributed by atoms with Crippen molar-refractivity contribution < 1.29 is 0 Å². The molecule has 88 valence electrons. The van der Waals surface area contributed by atoms with Crippen LogP contribution in [0.1, 0.15) is 51.9 Å². The van der Waals surface area contributed by atoms with Gasteiger partial charge in [0.15, 0.2) is 0 Å². The summed E-state index contributed by atoms with van der Waals surface area (Å²) in [4.78, 5) is 0. The molecule has 0 spiro atoms. The Bertz CT molecular complexity index is 197. The molecule has 2 nitrogen and oxygen atoms in total. The van der Waals surface area contributed by atoms with Crippen molar-refractivity contribution in [1.29, 1.82) is 0 Å². The fourth-order valence-corrected chi connectivity index (χ4v) is 3.28. The first-order valence-corrected chi connectivity index (χ1v) is 6.64. The molecule has 0 aromatic carbocycles. The van der Waals surface area contributed by atoms with E-state index < -0.39 is 0 Å². The summed E-state index contributed by atoms with van der Waals surface area (Å²) in [7, 11) is 0. The van der Waals surface area contributed by atoms with E-state index in [0.29, 0.717) is 11.5 Å². The molecule has 0 aromatic rings. The third-order valence-electron chi connectivity index (χ3n) is 4.38. The minimum absolute atomic E-state index is 0.485. The van der Waals surface area contributed by atoms with E-state index in [-0.39, 0.29) is 0 Å². The van der Waals surface area contributed by atoms with Crippen LogP contribution < -0.4 is 11.1 Å². The van der Waals surface area contributed by atoms with Gasteiger partial charge in [0, 0.05) is 12.6 Å². The molecule has 15 heavy (non-hydrogen) atoms. The highest BCUT2D eigenvalue weighted by Crippen LogP contribution is 2.36. The summed E-state index contributed by atoms with van der Waals surface area (Å²) in [5, 5.41) is 3.67. The molecule has 0 bridgehead atoms. The van der Waals surface area contributed by atoms with Gasteiger partial charge in [0.25, 0.3) is 0 Å². The van der Waals surface area contributed by atoms with E-state index in [4.69, 9.17) is 5.73 Å². The van der Waals surface area contributed by atoms with Gasteiger partial charge in [-0.2, -0.15) is 0 Å². The zero-order valence-corrected chi connectivity index (χ0v) is 10.1. The third-order valence-corrected chi connectivity index (χ3v) is 4.38. The Hall–Kier alpha value is -0.0800. The standard InChI is InChI=1S/C13H26N2/c1-13(6-2-3-7-13)10-15-9-11-4-5-12(14)8-11/h11-12,15H,2-10,14H2,1H3. The molecule has 0 aliphatic heterocycles. The Morgan fingerprint density at radius 1 is 1.27 bits per heavy atom. The first kappa shape index (κ1) is 11.4. The topological polar surface area (TPSA) is 38.0 Å². The Balaban J connectivity index is 1.62. The van der Waals surface area contributed by atoms with Gasteiger partial charge in [-0.15, -0.1) is 0 Å². The van der Waals surface area contributed by atoms with Crippen LogP contribution in [0, 0.1) is 11.3 Å². The van der Waals surface area contributed by atoms with Crippen molar-refractivity contribution in [3.05, 3.63) is 0 Å². The molecule has 0 radical (unpaired) electrons. The summed E-state index contributed by atoms with van der Waals surface area (Å²) in [6.45, 7) is 4.86. The van der Waals surface area contributed by atoms with Gasteiger partial charge in [-0.25, -0.2) is 0 Å². The van der Waals surface area contributed by atoms with Crippen molar-refractivity contribution >= 4 is 0 Å². The molecular weight excluding hydrogens is 184 g/mol. The summed E-state index contributed by atoms with van der Waals surface area (Å²) in [6.07, 6.45) is 9.53. The normalized spacial score (nSPS) is 34.8. The molecule has 2 unspecified atom stereocenters. The van der Waals surface area contributed by atoms with Crippen LogP contribution in [0.25, 0.3) is 0 Å². The quantitative estimate of drug-likeness (QED) is 0.747. The third kappa shape index (κ3) is 3.18. The van der Waals surface area contributed by atoms with Crippen molar-refractivity contribution in [2.75, 3.05) is 13.1 Å². The van der Waals surface area contributed by atoms with E-state index >= 15 is 0 Å². The van der Waals surface area contributed by atoms with E-state index in [2.05, 4.69) is 12.2 Å². The minimum atomic E-state index is 0.485. The Kier molecular flexibility index (Phi) is 3.68. The average Bonchev–Trinajstić information content (AvgIpc) is 2.76. The molecule has 0 saturated heterocycles. The molecule has 3 N–H and O–H groups in total. The van der Waals surface area contributed by atoms with E-state index in [9.17, 15) is 0 Å². The highest BCUT2D eigenvalue weighted by Gasteiger charge is 2.28. The molecule has 2 heteroatoms. The molecule has 2 atom stereocenters. The molecule has 2 aliphatic rings. The zero-order valence-electron chi connectivity index (χ0n) is 10.1. The summed E-state index contributed by atoms with van der Waals surface area (Å²) < 4.78 is 0. The largest absolute Gasteiger partial charge is 0.328 e. The van der Waals surface area contributed by atoms with E-state index in [1.807, 2.05) is 0 Å². The maximum absolute atomic E-state index is 5.92. The molecular formula is C13H26N2. The van der Waals surface area contributed by atoms with Crippen LogP contribution in [0.5, 0.6) is 0 Å². The van der Waals surface area contributed by atoms with Crippen LogP contribution in [0.4, 0.5) is 0 Å². The molecule has 2 fully saturated rings. The number of nitrogens with one attached hydrogen (secondary N) is 1. The fourth-order valence-electron chi connectivity index (χ4n) is 3.28. The van der Waals surface area contributed by atoms with Crippen LogP contribution >= 0.6 is 0 Å². The maximum atomic E-state index is 5.92. The summed E-state index contributed by atoms with van der Waals surface area (Å²) >= 11 is 0. The smallest absolute Gasteiger partial charge is 0.00420 e. The lowest BCUT2D eigenvalue weighted by molar-refractivity contribution is 0.304. The Labute approximate surface area is 94.0 Å². The van der Waals surface area contributed by atoms with Gasteiger partial charge in [-0.05, 0) is 50.0 Å². The van der Waals surface area contributed by atoms with Crippen molar-refractivity contribution in [3.63, 3.8) is 0 Å². The monoisotopic (exact) mass is 210 g/mol. The van der Waals surface area contributed by atoms with Gasteiger partial charge in [0.1, 0.15) is 0 Å². The first-order valence-electron chi connectivity index (χ1n) is 6.64. The summed E-state index contributed by atoms with van der Waals surface area (Å²) in [5.74, 6) is 0.852. The van der Waals surface area contributed by atoms with Gasteiger partial charge >= 0.3 is 0 Å². The van der Waals surface area contributed by atoms with E-state index in [1.165, 1.54) is 58.0 Å². The Morgan fingerprint density at radius 3 is 2.60 bits per heavy atom. The van der Waals surface area contributed by atoms with E-state index in [1.54, 1.807) is 0 Å². The average molecular weight is 210 g/mol. The predicted octanol–water partition coefficient (Wildman–Crippen LogP) is 2.28. The number of hydrogen-bond acceptors (Lipinski definition) is 2. The van der Waals surface area contributed by atoms with Crippen molar-refractivity contribution in [2.45, 2.75) is 57.9 Å². The number of nitrogens with two attached hydrogens (primary N) is 1. The maximum Gasteiger partial charge on any atom is 0.00420 e. The zero-order chi connectivity index (χ0) is 10.7. The van der Waals surface area contributed by atoms with Gasteiger partial charge in [-0.3, -0.25) is 0 Å². The number of hydrogen-bond donors (Lipinski definition) is 2. The lowest BCUT2D eigenvalue weighted by Gasteiger charge is -2.24. The van der Waals surface area contributed by atoms with Crippen LogP contribution in [0.15, 0.2) is 0 Å².